The Bertz CT molecular complexity index is 1020. The number of benzene rings is 1. The van der Waals surface area contributed by atoms with Gasteiger partial charge in [0, 0.05) is 37.1 Å². The summed E-state index contributed by atoms with van der Waals surface area (Å²) in [5, 5.41) is 10.9. The van der Waals surface area contributed by atoms with Gasteiger partial charge in [0.05, 0.1) is 4.90 Å². The third-order valence-electron chi connectivity index (χ3n) is 3.68. The third kappa shape index (κ3) is 4.90. The van der Waals surface area contributed by atoms with Crippen LogP contribution >= 0.6 is 0 Å². The fourth-order valence-electron chi connectivity index (χ4n) is 2.34. The van der Waals surface area contributed by atoms with E-state index in [0.29, 0.717) is 24.5 Å². The van der Waals surface area contributed by atoms with Gasteiger partial charge in [0.15, 0.2) is 0 Å². The number of carbonyl (C=O) groups excluding carboxylic acids is 1. The van der Waals surface area contributed by atoms with Crippen LogP contribution in [0.4, 0.5) is 5.82 Å². The fraction of sp³-hybridized carbons (Fsp3) is 0.118. The lowest BCUT2D eigenvalue weighted by molar-refractivity contribution is 0.0955. The van der Waals surface area contributed by atoms with Crippen LogP contribution in [0.25, 0.3) is 5.82 Å². The first-order valence-corrected chi connectivity index (χ1v) is 9.58. The molecule has 0 aliphatic rings. The van der Waals surface area contributed by atoms with Crippen molar-refractivity contribution in [2.75, 3.05) is 18.4 Å². The Hall–Kier alpha value is -3.24. The summed E-state index contributed by atoms with van der Waals surface area (Å²) in [6, 6.07) is 11.0. The first-order chi connectivity index (χ1) is 12.9. The van der Waals surface area contributed by atoms with Crippen LogP contribution in [0.2, 0.25) is 0 Å². The molecule has 2 aromatic heterocycles. The lowest BCUT2D eigenvalue weighted by Crippen LogP contribution is -2.29. The molecule has 0 radical (unpaired) electrons. The molecule has 0 bridgehead atoms. The molecule has 0 atom stereocenters. The molecule has 0 saturated carbocycles. The lowest BCUT2D eigenvalue weighted by Gasteiger charge is -2.09. The molecule has 0 spiro atoms. The van der Waals surface area contributed by atoms with Gasteiger partial charge < -0.3 is 15.2 Å². The molecule has 0 unspecified atom stereocenters. The van der Waals surface area contributed by atoms with Crippen molar-refractivity contribution < 1.29 is 13.2 Å². The SMILES string of the molecule is NS(=O)(=O)c1ccc(C(=O)NCCNc2cc(-n3cccc3)ncn2)cc1. The predicted octanol–water partition coefficient (Wildman–Crippen LogP) is 0.757. The number of rotatable bonds is 7. The second-order valence-corrected chi connectivity index (χ2v) is 7.17. The van der Waals surface area contributed by atoms with Crippen molar-refractivity contribution in [3.05, 3.63) is 66.7 Å². The van der Waals surface area contributed by atoms with Crippen LogP contribution in [0.1, 0.15) is 10.4 Å². The lowest BCUT2D eigenvalue weighted by atomic mass is 10.2. The van der Waals surface area contributed by atoms with Gasteiger partial charge in [-0.25, -0.2) is 23.5 Å². The van der Waals surface area contributed by atoms with Crippen LogP contribution in [-0.4, -0.2) is 41.9 Å². The number of sulfonamides is 1. The molecule has 3 aromatic rings. The number of anilines is 1. The smallest absolute Gasteiger partial charge is 0.251 e. The number of nitrogens with one attached hydrogen (secondary N) is 2. The van der Waals surface area contributed by atoms with Gasteiger partial charge in [0.1, 0.15) is 18.0 Å². The molecular formula is C17H18N6O3S. The van der Waals surface area contributed by atoms with E-state index in [2.05, 4.69) is 20.6 Å². The number of hydrogen-bond acceptors (Lipinski definition) is 6. The van der Waals surface area contributed by atoms with Gasteiger partial charge in [-0.2, -0.15) is 0 Å². The normalized spacial score (nSPS) is 11.1. The molecule has 0 aliphatic carbocycles. The minimum atomic E-state index is -3.77. The highest BCUT2D eigenvalue weighted by Crippen LogP contribution is 2.10. The zero-order valence-corrected chi connectivity index (χ0v) is 15.1. The van der Waals surface area contributed by atoms with Crippen molar-refractivity contribution in [1.29, 1.82) is 0 Å². The van der Waals surface area contributed by atoms with Crippen LogP contribution < -0.4 is 15.8 Å². The first kappa shape index (κ1) is 18.5. The van der Waals surface area contributed by atoms with Crippen molar-refractivity contribution >= 4 is 21.7 Å². The average Bonchev–Trinajstić information content (AvgIpc) is 3.19. The Morgan fingerprint density at radius 1 is 1.07 bits per heavy atom. The molecule has 2 heterocycles. The Balaban J connectivity index is 1.50. The Morgan fingerprint density at radius 2 is 1.78 bits per heavy atom. The van der Waals surface area contributed by atoms with Crippen molar-refractivity contribution in [3.8, 4) is 5.82 Å². The molecule has 0 fully saturated rings. The number of carbonyl (C=O) groups is 1. The molecular weight excluding hydrogens is 368 g/mol. The van der Waals surface area contributed by atoms with Crippen molar-refractivity contribution in [2.45, 2.75) is 4.90 Å². The van der Waals surface area contributed by atoms with Crippen molar-refractivity contribution in [2.24, 2.45) is 5.14 Å². The van der Waals surface area contributed by atoms with E-state index in [9.17, 15) is 13.2 Å². The van der Waals surface area contributed by atoms with Crippen molar-refractivity contribution in [3.63, 3.8) is 0 Å². The molecule has 1 aromatic carbocycles. The van der Waals surface area contributed by atoms with Crippen LogP contribution in [0, 0.1) is 0 Å². The van der Waals surface area contributed by atoms with Crippen LogP contribution in [0.5, 0.6) is 0 Å². The van der Waals surface area contributed by atoms with Crippen LogP contribution in [0.3, 0.4) is 0 Å². The number of hydrogen-bond donors (Lipinski definition) is 3. The minimum absolute atomic E-state index is 0.0389. The first-order valence-electron chi connectivity index (χ1n) is 8.04. The maximum absolute atomic E-state index is 12.1. The van der Waals surface area contributed by atoms with E-state index in [1.807, 2.05) is 29.1 Å². The summed E-state index contributed by atoms with van der Waals surface area (Å²) in [5.74, 6) is 1.06. The number of aromatic nitrogens is 3. The Labute approximate surface area is 156 Å². The van der Waals surface area contributed by atoms with E-state index in [1.165, 1.54) is 30.6 Å². The molecule has 0 saturated heterocycles. The molecule has 9 nitrogen and oxygen atoms in total. The molecule has 10 heteroatoms. The largest absolute Gasteiger partial charge is 0.368 e. The Kier molecular flexibility index (Phi) is 5.48. The summed E-state index contributed by atoms with van der Waals surface area (Å²) >= 11 is 0. The van der Waals surface area contributed by atoms with Gasteiger partial charge in [-0.15, -0.1) is 0 Å². The van der Waals surface area contributed by atoms with Gasteiger partial charge in [0.2, 0.25) is 10.0 Å². The predicted molar refractivity (Wildman–Crippen MR) is 100.0 cm³/mol. The number of amides is 1. The third-order valence-corrected chi connectivity index (χ3v) is 4.61. The van der Waals surface area contributed by atoms with E-state index in [4.69, 9.17) is 5.14 Å². The summed E-state index contributed by atoms with van der Waals surface area (Å²) in [6.07, 6.45) is 5.23. The molecule has 4 N–H and O–H groups in total. The maximum Gasteiger partial charge on any atom is 0.251 e. The molecule has 3 rings (SSSR count). The number of nitrogens with two attached hydrogens (primary N) is 1. The van der Waals surface area contributed by atoms with Gasteiger partial charge in [-0.05, 0) is 36.4 Å². The van der Waals surface area contributed by atoms with Crippen LogP contribution in [0.15, 0.2) is 66.1 Å². The quantitative estimate of drug-likeness (QED) is 0.514. The summed E-state index contributed by atoms with van der Waals surface area (Å²) in [4.78, 5) is 20.4. The standard InChI is InChI=1S/C17H18N6O3S/c18-27(25,26)14-5-3-13(4-6-14)17(24)20-8-7-19-15-11-16(22-12-21-15)23-9-1-2-10-23/h1-6,9-12H,7-8H2,(H,20,24)(H2,18,25,26)(H,19,21,22). The summed E-state index contributed by atoms with van der Waals surface area (Å²) < 4.78 is 24.3. The van der Waals surface area contributed by atoms with Crippen molar-refractivity contribution in [1.82, 2.24) is 19.9 Å². The Morgan fingerprint density at radius 3 is 2.44 bits per heavy atom. The van der Waals surface area contributed by atoms with E-state index in [1.54, 1.807) is 6.07 Å². The second-order valence-electron chi connectivity index (χ2n) is 5.60. The number of primary sulfonamides is 1. The van der Waals surface area contributed by atoms with Gasteiger partial charge in [0.25, 0.3) is 5.91 Å². The highest BCUT2D eigenvalue weighted by Gasteiger charge is 2.10. The van der Waals surface area contributed by atoms with E-state index in [-0.39, 0.29) is 10.8 Å². The minimum Gasteiger partial charge on any atom is -0.368 e. The highest BCUT2D eigenvalue weighted by molar-refractivity contribution is 7.89. The fourth-order valence-corrected chi connectivity index (χ4v) is 2.85. The van der Waals surface area contributed by atoms with Gasteiger partial charge >= 0.3 is 0 Å². The van der Waals surface area contributed by atoms with E-state index >= 15 is 0 Å². The average molecular weight is 386 g/mol. The number of nitrogens with zero attached hydrogens (tertiary/aromatic N) is 3. The molecule has 140 valence electrons. The van der Waals surface area contributed by atoms with Crippen LogP contribution in [-0.2, 0) is 10.0 Å². The van der Waals surface area contributed by atoms with E-state index in [0.717, 1.165) is 5.82 Å². The zero-order chi connectivity index (χ0) is 19.3. The van der Waals surface area contributed by atoms with Gasteiger partial charge in [-0.1, -0.05) is 0 Å². The summed E-state index contributed by atoms with van der Waals surface area (Å²) in [7, 11) is -3.77. The zero-order valence-electron chi connectivity index (χ0n) is 14.2. The topological polar surface area (TPSA) is 132 Å². The summed E-state index contributed by atoms with van der Waals surface area (Å²) in [6.45, 7) is 0.821. The highest BCUT2D eigenvalue weighted by atomic mass is 32.2. The molecule has 0 aliphatic heterocycles. The summed E-state index contributed by atoms with van der Waals surface area (Å²) in [5.41, 5.74) is 0.347. The monoisotopic (exact) mass is 386 g/mol. The van der Waals surface area contributed by atoms with Gasteiger partial charge in [-0.3, -0.25) is 4.79 Å². The van der Waals surface area contributed by atoms with E-state index < -0.39 is 10.0 Å². The maximum atomic E-state index is 12.1. The second kappa shape index (κ2) is 7.98. The molecule has 1 amide bonds. The molecule has 27 heavy (non-hydrogen) atoms.